The maximum atomic E-state index is 10.5. The van der Waals surface area contributed by atoms with Crippen molar-refractivity contribution in [2.24, 2.45) is 0 Å². The molecule has 0 unspecified atom stereocenters. The van der Waals surface area contributed by atoms with Gasteiger partial charge in [0, 0.05) is 10.7 Å². The van der Waals surface area contributed by atoms with Gasteiger partial charge in [0.1, 0.15) is 0 Å². The van der Waals surface area contributed by atoms with Gasteiger partial charge in [0.15, 0.2) is 0 Å². The lowest BCUT2D eigenvalue weighted by Gasteiger charge is -1.97. The summed E-state index contributed by atoms with van der Waals surface area (Å²) >= 11 is 5.57. The number of allylic oxidation sites excluding steroid dienone is 3. The van der Waals surface area contributed by atoms with Crippen molar-refractivity contribution in [1.29, 1.82) is 5.41 Å². The summed E-state index contributed by atoms with van der Waals surface area (Å²) in [5, 5.41) is 16.0. The van der Waals surface area contributed by atoms with Crippen molar-refractivity contribution in [3.63, 3.8) is 0 Å². The second-order valence-electron chi connectivity index (χ2n) is 2.16. The van der Waals surface area contributed by atoms with Crippen LogP contribution in [0.1, 0.15) is 13.8 Å². The summed E-state index contributed by atoms with van der Waals surface area (Å²) in [7, 11) is 0. The SMILES string of the molecule is C/C=C(Cl)\C=C(/C(C)=N)C(=O)O. The van der Waals surface area contributed by atoms with Crippen LogP contribution in [0.15, 0.2) is 22.8 Å². The molecule has 66 valence electrons. The molecule has 3 nitrogen and oxygen atoms in total. The van der Waals surface area contributed by atoms with Crippen molar-refractivity contribution < 1.29 is 9.90 Å². The molecule has 0 aromatic carbocycles. The van der Waals surface area contributed by atoms with Gasteiger partial charge in [-0.1, -0.05) is 17.7 Å². The third-order valence-electron chi connectivity index (χ3n) is 1.19. The van der Waals surface area contributed by atoms with E-state index in [1.165, 1.54) is 13.0 Å². The zero-order valence-electron chi connectivity index (χ0n) is 6.89. The largest absolute Gasteiger partial charge is 0.478 e. The predicted molar refractivity (Wildman–Crippen MR) is 48.7 cm³/mol. The second kappa shape index (κ2) is 4.72. The third-order valence-corrected chi connectivity index (χ3v) is 1.52. The fourth-order valence-corrected chi connectivity index (χ4v) is 0.661. The van der Waals surface area contributed by atoms with Gasteiger partial charge in [-0.05, 0) is 19.9 Å². The Bertz CT molecular complexity index is 250. The first-order valence-electron chi connectivity index (χ1n) is 3.31. The number of carboxylic acids is 1. The van der Waals surface area contributed by atoms with Crippen LogP contribution in [0.4, 0.5) is 0 Å². The number of hydrogen-bond acceptors (Lipinski definition) is 2. The van der Waals surface area contributed by atoms with Gasteiger partial charge >= 0.3 is 5.97 Å². The average molecular weight is 188 g/mol. The molecule has 0 atom stereocenters. The number of aliphatic carboxylic acids is 1. The molecule has 0 bridgehead atoms. The Morgan fingerprint density at radius 1 is 1.58 bits per heavy atom. The molecule has 0 aliphatic rings. The topological polar surface area (TPSA) is 61.2 Å². The van der Waals surface area contributed by atoms with Crippen LogP contribution < -0.4 is 0 Å². The predicted octanol–water partition coefficient (Wildman–Crippen LogP) is 2.18. The summed E-state index contributed by atoms with van der Waals surface area (Å²) in [6, 6.07) is 0. The first-order chi connectivity index (χ1) is 5.49. The summed E-state index contributed by atoms with van der Waals surface area (Å²) in [5.74, 6) is -1.14. The van der Waals surface area contributed by atoms with Gasteiger partial charge in [-0.2, -0.15) is 0 Å². The quantitative estimate of drug-likeness (QED) is 0.404. The molecular weight excluding hydrogens is 178 g/mol. The smallest absolute Gasteiger partial charge is 0.337 e. The molecule has 0 aromatic heterocycles. The molecule has 0 aliphatic carbocycles. The minimum absolute atomic E-state index is 0.0116. The Kier molecular flexibility index (Phi) is 4.29. The Morgan fingerprint density at radius 2 is 2.08 bits per heavy atom. The maximum Gasteiger partial charge on any atom is 0.337 e. The van der Waals surface area contributed by atoms with Crippen molar-refractivity contribution >= 4 is 23.3 Å². The molecule has 0 spiro atoms. The number of hydrogen-bond donors (Lipinski definition) is 2. The normalized spacial score (nSPS) is 12.9. The molecule has 0 aliphatic heterocycles. The van der Waals surface area contributed by atoms with Crippen LogP contribution in [0.25, 0.3) is 0 Å². The average Bonchev–Trinajstić information content (AvgIpc) is 1.98. The standard InChI is InChI=1S/C8H10ClNO2/c1-3-6(9)4-7(5(2)10)8(11)12/h3-4,10H,1-2H3,(H,11,12)/b6-3+,7-4+,10-5?. The highest BCUT2D eigenvalue weighted by Crippen LogP contribution is 2.08. The molecule has 0 rings (SSSR count). The van der Waals surface area contributed by atoms with Crippen molar-refractivity contribution in [2.45, 2.75) is 13.8 Å². The van der Waals surface area contributed by atoms with Gasteiger partial charge in [0.25, 0.3) is 0 Å². The molecule has 0 saturated heterocycles. The van der Waals surface area contributed by atoms with Crippen LogP contribution in [0.2, 0.25) is 0 Å². The Morgan fingerprint density at radius 3 is 2.33 bits per heavy atom. The van der Waals surface area contributed by atoms with Crippen LogP contribution in [-0.4, -0.2) is 16.8 Å². The van der Waals surface area contributed by atoms with Gasteiger partial charge in [-0.3, -0.25) is 0 Å². The summed E-state index contributed by atoms with van der Waals surface area (Å²) < 4.78 is 0. The monoisotopic (exact) mass is 187 g/mol. The van der Waals surface area contributed by atoms with E-state index in [4.69, 9.17) is 22.1 Å². The van der Waals surface area contributed by atoms with Crippen LogP contribution in [-0.2, 0) is 4.79 Å². The molecule has 0 radical (unpaired) electrons. The van der Waals surface area contributed by atoms with E-state index >= 15 is 0 Å². The molecule has 0 saturated carbocycles. The Hall–Kier alpha value is -1.09. The van der Waals surface area contributed by atoms with E-state index in [-0.39, 0.29) is 11.3 Å². The maximum absolute atomic E-state index is 10.5. The highest BCUT2D eigenvalue weighted by Gasteiger charge is 2.08. The van der Waals surface area contributed by atoms with E-state index in [1.54, 1.807) is 13.0 Å². The highest BCUT2D eigenvalue weighted by molar-refractivity contribution is 6.32. The minimum atomic E-state index is -1.14. The van der Waals surface area contributed by atoms with E-state index in [2.05, 4.69) is 0 Å². The first kappa shape index (κ1) is 10.9. The highest BCUT2D eigenvalue weighted by atomic mass is 35.5. The lowest BCUT2D eigenvalue weighted by molar-refractivity contribution is -0.132. The van der Waals surface area contributed by atoms with Crippen LogP contribution in [0, 0.1) is 5.41 Å². The number of carboxylic acid groups (broad SMARTS) is 1. The van der Waals surface area contributed by atoms with Gasteiger partial charge in [-0.15, -0.1) is 0 Å². The molecule has 0 aromatic rings. The lowest BCUT2D eigenvalue weighted by Crippen LogP contribution is -2.07. The van der Waals surface area contributed by atoms with E-state index in [0.29, 0.717) is 5.03 Å². The van der Waals surface area contributed by atoms with Gasteiger partial charge in [0.05, 0.1) is 5.57 Å². The molecule has 0 amide bonds. The summed E-state index contributed by atoms with van der Waals surface area (Å²) in [6.07, 6.45) is 2.82. The number of rotatable bonds is 3. The fourth-order valence-electron chi connectivity index (χ4n) is 0.552. The van der Waals surface area contributed by atoms with Crippen molar-refractivity contribution in [2.75, 3.05) is 0 Å². The molecule has 0 heterocycles. The molecule has 4 heteroatoms. The second-order valence-corrected chi connectivity index (χ2v) is 2.60. The fraction of sp³-hybridized carbons (Fsp3) is 0.250. The molecule has 2 N–H and O–H groups in total. The van der Waals surface area contributed by atoms with Crippen molar-refractivity contribution in [1.82, 2.24) is 0 Å². The zero-order chi connectivity index (χ0) is 9.72. The number of nitrogens with one attached hydrogen (secondary N) is 1. The Balaban J connectivity index is 4.87. The van der Waals surface area contributed by atoms with Crippen LogP contribution in [0.3, 0.4) is 0 Å². The van der Waals surface area contributed by atoms with Crippen LogP contribution >= 0.6 is 11.6 Å². The van der Waals surface area contributed by atoms with Crippen molar-refractivity contribution in [3.8, 4) is 0 Å². The van der Waals surface area contributed by atoms with Crippen LogP contribution in [0.5, 0.6) is 0 Å². The number of halogens is 1. The minimum Gasteiger partial charge on any atom is -0.478 e. The molecule has 12 heavy (non-hydrogen) atoms. The molecular formula is C8H10ClNO2. The lowest BCUT2D eigenvalue weighted by atomic mass is 10.1. The van der Waals surface area contributed by atoms with Gasteiger partial charge < -0.3 is 10.5 Å². The number of carbonyl (C=O) groups is 1. The van der Waals surface area contributed by atoms with Gasteiger partial charge in [-0.25, -0.2) is 4.79 Å². The van der Waals surface area contributed by atoms with E-state index in [0.717, 1.165) is 0 Å². The molecule has 0 fully saturated rings. The van der Waals surface area contributed by atoms with Crippen molar-refractivity contribution in [3.05, 3.63) is 22.8 Å². The van der Waals surface area contributed by atoms with E-state index in [9.17, 15) is 4.79 Å². The third kappa shape index (κ3) is 3.34. The first-order valence-corrected chi connectivity index (χ1v) is 3.69. The Labute approximate surface area is 75.9 Å². The van der Waals surface area contributed by atoms with Gasteiger partial charge in [0.2, 0.25) is 0 Å². The van der Waals surface area contributed by atoms with E-state index in [1.807, 2.05) is 0 Å². The summed E-state index contributed by atoms with van der Waals surface area (Å²) in [4.78, 5) is 10.5. The summed E-state index contributed by atoms with van der Waals surface area (Å²) in [6.45, 7) is 3.09. The zero-order valence-corrected chi connectivity index (χ0v) is 7.64. The summed E-state index contributed by atoms with van der Waals surface area (Å²) in [5.41, 5.74) is -0.0967. The van der Waals surface area contributed by atoms with E-state index < -0.39 is 5.97 Å².